The van der Waals surface area contributed by atoms with Crippen LogP contribution in [0.15, 0.2) is 48.5 Å². The van der Waals surface area contributed by atoms with E-state index in [4.69, 9.17) is 4.74 Å². The number of anilines is 5. The molecule has 6 heteroatoms. The third-order valence-corrected chi connectivity index (χ3v) is 4.81. The van der Waals surface area contributed by atoms with E-state index < -0.39 is 0 Å². The summed E-state index contributed by atoms with van der Waals surface area (Å²) in [4.78, 5) is 11.5. The Morgan fingerprint density at radius 1 is 0.897 bits per heavy atom. The Hall–Kier alpha value is -3.28. The average molecular weight is 392 g/mol. The van der Waals surface area contributed by atoms with E-state index in [1.54, 1.807) is 7.11 Å². The number of methoxy groups -OCH3 is 1. The summed E-state index contributed by atoms with van der Waals surface area (Å²) >= 11 is 0. The van der Waals surface area contributed by atoms with E-state index in [1.807, 2.05) is 37.3 Å². The van der Waals surface area contributed by atoms with Crippen LogP contribution in [0.3, 0.4) is 0 Å². The summed E-state index contributed by atoms with van der Waals surface area (Å²) in [5, 5.41) is 6.68. The van der Waals surface area contributed by atoms with Gasteiger partial charge in [-0.3, -0.25) is 0 Å². The molecule has 0 saturated carbocycles. The van der Waals surface area contributed by atoms with Gasteiger partial charge in [0, 0.05) is 36.2 Å². The van der Waals surface area contributed by atoms with Crippen molar-refractivity contribution in [1.82, 2.24) is 9.97 Å². The zero-order chi connectivity index (χ0) is 20.8. The highest BCUT2D eigenvalue weighted by molar-refractivity contribution is 5.67. The smallest absolute Gasteiger partial charge is 0.229 e. The van der Waals surface area contributed by atoms with Crippen molar-refractivity contribution in [1.29, 1.82) is 0 Å². The predicted octanol–water partition coefficient (Wildman–Crippen LogP) is 5.44. The molecule has 6 nitrogen and oxygen atoms in total. The van der Waals surface area contributed by atoms with Gasteiger partial charge in [-0.05, 0) is 63.6 Å². The summed E-state index contributed by atoms with van der Waals surface area (Å²) in [5.74, 6) is 2.01. The summed E-state index contributed by atoms with van der Waals surface area (Å²) in [6.45, 7) is 10.4. The average Bonchev–Trinajstić information content (AvgIpc) is 2.71. The highest BCUT2D eigenvalue weighted by Gasteiger charge is 2.09. The van der Waals surface area contributed by atoms with E-state index in [1.165, 1.54) is 11.3 Å². The van der Waals surface area contributed by atoms with Crippen LogP contribution < -0.4 is 20.3 Å². The van der Waals surface area contributed by atoms with Gasteiger partial charge in [0.1, 0.15) is 11.6 Å². The van der Waals surface area contributed by atoms with Crippen molar-refractivity contribution in [3.05, 3.63) is 59.8 Å². The number of aromatic nitrogens is 2. The van der Waals surface area contributed by atoms with Crippen molar-refractivity contribution in [2.75, 3.05) is 35.7 Å². The van der Waals surface area contributed by atoms with Crippen LogP contribution in [0.1, 0.15) is 25.1 Å². The number of aryl methyl sites for hydroxylation is 2. The van der Waals surface area contributed by atoms with Gasteiger partial charge >= 0.3 is 0 Å². The monoisotopic (exact) mass is 391 g/mol. The molecule has 1 aromatic heterocycles. The number of nitrogens with zero attached hydrogens (tertiary/aromatic N) is 3. The molecule has 0 amide bonds. The van der Waals surface area contributed by atoms with E-state index >= 15 is 0 Å². The lowest BCUT2D eigenvalue weighted by molar-refractivity contribution is 0.417. The molecule has 0 saturated heterocycles. The first-order valence-electron chi connectivity index (χ1n) is 9.92. The first-order chi connectivity index (χ1) is 14.0. The topological polar surface area (TPSA) is 62.3 Å². The largest absolute Gasteiger partial charge is 0.495 e. The van der Waals surface area contributed by atoms with Crippen LogP contribution in [-0.2, 0) is 0 Å². The second-order valence-electron chi connectivity index (χ2n) is 6.84. The molecule has 0 aliphatic heterocycles. The van der Waals surface area contributed by atoms with Crippen LogP contribution in [0.2, 0.25) is 0 Å². The summed E-state index contributed by atoms with van der Waals surface area (Å²) < 4.78 is 5.40. The molecule has 3 rings (SSSR count). The Bertz CT molecular complexity index is 969. The van der Waals surface area contributed by atoms with Crippen molar-refractivity contribution < 1.29 is 4.74 Å². The fourth-order valence-corrected chi connectivity index (χ4v) is 3.27. The van der Waals surface area contributed by atoms with Gasteiger partial charge in [0.25, 0.3) is 0 Å². The summed E-state index contributed by atoms with van der Waals surface area (Å²) in [7, 11) is 1.65. The van der Waals surface area contributed by atoms with Crippen LogP contribution >= 0.6 is 0 Å². The van der Waals surface area contributed by atoms with Crippen LogP contribution in [-0.4, -0.2) is 30.2 Å². The summed E-state index contributed by atoms with van der Waals surface area (Å²) in [5.41, 5.74) is 5.13. The highest BCUT2D eigenvalue weighted by Crippen LogP contribution is 2.28. The zero-order valence-corrected chi connectivity index (χ0v) is 17.8. The van der Waals surface area contributed by atoms with Gasteiger partial charge in [0.2, 0.25) is 5.95 Å². The second-order valence-corrected chi connectivity index (χ2v) is 6.84. The van der Waals surface area contributed by atoms with Gasteiger partial charge in [-0.25, -0.2) is 4.98 Å². The van der Waals surface area contributed by atoms with Crippen LogP contribution in [0.5, 0.6) is 5.75 Å². The fraction of sp³-hybridized carbons (Fsp3) is 0.304. The number of hydrogen-bond donors (Lipinski definition) is 2. The lowest BCUT2D eigenvalue weighted by Gasteiger charge is -2.22. The van der Waals surface area contributed by atoms with E-state index in [-0.39, 0.29) is 0 Å². The minimum atomic E-state index is 0.523. The number of nitrogens with one attached hydrogen (secondary N) is 2. The van der Waals surface area contributed by atoms with Gasteiger partial charge in [-0.1, -0.05) is 12.1 Å². The molecule has 1 heterocycles. The minimum absolute atomic E-state index is 0.523. The molecule has 0 bridgehead atoms. The molecule has 0 aliphatic rings. The lowest BCUT2D eigenvalue weighted by Crippen LogP contribution is -2.21. The third-order valence-electron chi connectivity index (χ3n) is 4.81. The normalized spacial score (nSPS) is 10.5. The van der Waals surface area contributed by atoms with E-state index in [0.29, 0.717) is 5.95 Å². The second kappa shape index (κ2) is 9.28. The molecular weight excluding hydrogens is 362 g/mol. The standard InChI is InChI=1S/C23H29N5O/c1-6-28(7-2)18-12-13-19(16(3)14-18)25-22-15-17(4)24-23(27-22)26-20-10-8-9-11-21(20)29-5/h8-15H,6-7H2,1-5H3,(H2,24,25,26,27). The maximum absolute atomic E-state index is 5.40. The van der Waals surface area contributed by atoms with Crippen molar-refractivity contribution >= 4 is 28.8 Å². The molecule has 0 unspecified atom stereocenters. The molecule has 0 radical (unpaired) electrons. The molecule has 2 aromatic carbocycles. The Balaban J connectivity index is 1.83. The molecule has 152 valence electrons. The van der Waals surface area contributed by atoms with Crippen molar-refractivity contribution in [3.63, 3.8) is 0 Å². The summed E-state index contributed by atoms with van der Waals surface area (Å²) in [6, 6.07) is 16.1. The molecule has 0 spiro atoms. The first kappa shape index (κ1) is 20.5. The number of ether oxygens (including phenoxy) is 1. The number of hydrogen-bond acceptors (Lipinski definition) is 6. The molecule has 3 aromatic rings. The maximum atomic E-state index is 5.40. The van der Waals surface area contributed by atoms with Gasteiger partial charge in [0.15, 0.2) is 0 Å². The Kier molecular flexibility index (Phi) is 6.54. The Morgan fingerprint density at radius 2 is 1.66 bits per heavy atom. The van der Waals surface area contributed by atoms with Crippen molar-refractivity contribution in [2.45, 2.75) is 27.7 Å². The fourth-order valence-electron chi connectivity index (χ4n) is 3.27. The maximum Gasteiger partial charge on any atom is 0.229 e. The van der Waals surface area contributed by atoms with E-state index in [9.17, 15) is 0 Å². The molecular formula is C23H29N5O. The summed E-state index contributed by atoms with van der Waals surface area (Å²) in [6.07, 6.45) is 0. The van der Waals surface area contributed by atoms with E-state index in [0.717, 1.165) is 41.7 Å². The minimum Gasteiger partial charge on any atom is -0.495 e. The molecule has 0 aliphatic carbocycles. The molecule has 0 fully saturated rings. The van der Waals surface area contributed by atoms with E-state index in [2.05, 4.69) is 64.5 Å². The van der Waals surface area contributed by atoms with Gasteiger partial charge < -0.3 is 20.3 Å². The van der Waals surface area contributed by atoms with Gasteiger partial charge in [-0.2, -0.15) is 4.98 Å². The Labute approximate surface area is 173 Å². The predicted molar refractivity (Wildman–Crippen MR) is 121 cm³/mol. The van der Waals surface area contributed by atoms with Crippen molar-refractivity contribution in [2.24, 2.45) is 0 Å². The molecule has 2 N–H and O–H groups in total. The third kappa shape index (κ3) is 4.96. The molecule has 29 heavy (non-hydrogen) atoms. The SMILES string of the molecule is CCN(CC)c1ccc(Nc2cc(C)nc(Nc3ccccc3OC)n2)c(C)c1. The quantitative estimate of drug-likeness (QED) is 0.533. The number of rotatable bonds is 8. The number of benzene rings is 2. The van der Waals surface area contributed by atoms with Gasteiger partial charge in [-0.15, -0.1) is 0 Å². The van der Waals surface area contributed by atoms with Crippen molar-refractivity contribution in [3.8, 4) is 5.75 Å². The van der Waals surface area contributed by atoms with Crippen LogP contribution in [0.4, 0.5) is 28.8 Å². The molecule has 0 atom stereocenters. The van der Waals surface area contributed by atoms with Crippen LogP contribution in [0.25, 0.3) is 0 Å². The number of para-hydroxylation sites is 2. The zero-order valence-electron chi connectivity index (χ0n) is 17.8. The Morgan fingerprint density at radius 3 is 2.34 bits per heavy atom. The highest BCUT2D eigenvalue weighted by atomic mass is 16.5. The van der Waals surface area contributed by atoms with Crippen LogP contribution in [0, 0.1) is 13.8 Å². The lowest BCUT2D eigenvalue weighted by atomic mass is 10.1. The van der Waals surface area contributed by atoms with Gasteiger partial charge in [0.05, 0.1) is 12.8 Å². The first-order valence-corrected chi connectivity index (χ1v) is 9.92.